The molecule has 4 rings (SSSR count). The van der Waals surface area contributed by atoms with Crippen LogP contribution in [0.2, 0.25) is 0 Å². The normalized spacial score (nSPS) is 18.4. The smallest absolute Gasteiger partial charge is 0.339 e. The summed E-state index contributed by atoms with van der Waals surface area (Å²) in [5.41, 5.74) is 2.32. The SMILES string of the molecule is CC(OC(=O)c1ccc(-n2cnc3ccccc32)nc1)C1CCOC1. The Labute approximate surface area is 145 Å². The van der Waals surface area contributed by atoms with Gasteiger partial charge in [-0.15, -0.1) is 0 Å². The van der Waals surface area contributed by atoms with Crippen LogP contribution < -0.4 is 0 Å². The van der Waals surface area contributed by atoms with Gasteiger partial charge < -0.3 is 9.47 Å². The summed E-state index contributed by atoms with van der Waals surface area (Å²) in [6.45, 7) is 3.30. The molecule has 0 aliphatic carbocycles. The van der Waals surface area contributed by atoms with Crippen molar-refractivity contribution in [2.24, 2.45) is 5.92 Å². The number of ether oxygens (including phenoxy) is 2. The van der Waals surface area contributed by atoms with E-state index in [1.54, 1.807) is 24.7 Å². The highest BCUT2D eigenvalue weighted by Gasteiger charge is 2.25. The van der Waals surface area contributed by atoms with Gasteiger partial charge in [-0.2, -0.15) is 0 Å². The zero-order valence-corrected chi connectivity index (χ0v) is 14.0. The molecule has 0 spiro atoms. The van der Waals surface area contributed by atoms with E-state index in [-0.39, 0.29) is 18.0 Å². The number of benzene rings is 1. The number of esters is 1. The van der Waals surface area contributed by atoms with Gasteiger partial charge in [-0.1, -0.05) is 12.1 Å². The van der Waals surface area contributed by atoms with Gasteiger partial charge in [0.2, 0.25) is 0 Å². The van der Waals surface area contributed by atoms with Crippen molar-refractivity contribution in [3.8, 4) is 5.82 Å². The van der Waals surface area contributed by atoms with E-state index < -0.39 is 0 Å². The average Bonchev–Trinajstić information content (AvgIpc) is 3.32. The van der Waals surface area contributed by atoms with Crippen molar-refractivity contribution >= 4 is 17.0 Å². The molecule has 0 N–H and O–H groups in total. The summed E-state index contributed by atoms with van der Waals surface area (Å²) in [6, 6.07) is 11.4. The lowest BCUT2D eigenvalue weighted by molar-refractivity contribution is 0.0179. The van der Waals surface area contributed by atoms with Crippen LogP contribution in [0.1, 0.15) is 23.7 Å². The summed E-state index contributed by atoms with van der Waals surface area (Å²) in [5, 5.41) is 0. The molecule has 6 nitrogen and oxygen atoms in total. The monoisotopic (exact) mass is 337 g/mol. The number of hydrogen-bond donors (Lipinski definition) is 0. The molecule has 1 aliphatic heterocycles. The van der Waals surface area contributed by atoms with Crippen LogP contribution in [0.4, 0.5) is 0 Å². The van der Waals surface area contributed by atoms with Gasteiger partial charge in [0.25, 0.3) is 0 Å². The van der Waals surface area contributed by atoms with E-state index in [0.29, 0.717) is 18.0 Å². The largest absolute Gasteiger partial charge is 0.459 e. The molecule has 1 aliphatic rings. The van der Waals surface area contributed by atoms with Crippen molar-refractivity contribution in [3.63, 3.8) is 0 Å². The third kappa shape index (κ3) is 3.13. The Morgan fingerprint density at radius 2 is 2.16 bits per heavy atom. The number of carbonyl (C=O) groups is 1. The van der Waals surface area contributed by atoms with E-state index in [1.807, 2.05) is 35.8 Å². The van der Waals surface area contributed by atoms with Crippen LogP contribution in [0.3, 0.4) is 0 Å². The Kier molecular flexibility index (Phi) is 4.19. The molecule has 25 heavy (non-hydrogen) atoms. The highest BCUT2D eigenvalue weighted by molar-refractivity contribution is 5.89. The minimum Gasteiger partial charge on any atom is -0.459 e. The van der Waals surface area contributed by atoms with Crippen LogP contribution in [0, 0.1) is 5.92 Å². The summed E-state index contributed by atoms with van der Waals surface area (Å²) >= 11 is 0. The number of pyridine rings is 1. The first kappa shape index (κ1) is 15.8. The lowest BCUT2D eigenvalue weighted by Gasteiger charge is -2.18. The van der Waals surface area contributed by atoms with Crippen molar-refractivity contribution in [2.45, 2.75) is 19.4 Å². The molecule has 2 atom stereocenters. The molecule has 2 unspecified atom stereocenters. The van der Waals surface area contributed by atoms with Crippen molar-refractivity contribution < 1.29 is 14.3 Å². The van der Waals surface area contributed by atoms with E-state index in [9.17, 15) is 4.79 Å². The molecule has 1 aromatic carbocycles. The molecule has 128 valence electrons. The predicted octanol–water partition coefficient (Wildman–Crippen LogP) is 3.00. The van der Waals surface area contributed by atoms with Gasteiger partial charge in [-0.05, 0) is 37.6 Å². The average molecular weight is 337 g/mol. The molecule has 6 heteroatoms. The quantitative estimate of drug-likeness (QED) is 0.685. The molecule has 1 saturated heterocycles. The Hall–Kier alpha value is -2.73. The second kappa shape index (κ2) is 6.64. The van der Waals surface area contributed by atoms with Crippen molar-refractivity contribution in [3.05, 3.63) is 54.5 Å². The van der Waals surface area contributed by atoms with Gasteiger partial charge in [0.05, 0.1) is 23.2 Å². The maximum Gasteiger partial charge on any atom is 0.339 e. The number of carbonyl (C=O) groups excluding carboxylic acids is 1. The maximum atomic E-state index is 12.3. The van der Waals surface area contributed by atoms with Gasteiger partial charge in [0.15, 0.2) is 0 Å². The van der Waals surface area contributed by atoms with Crippen LogP contribution in [0.15, 0.2) is 48.9 Å². The number of imidazole rings is 1. The third-order valence-corrected chi connectivity index (χ3v) is 4.61. The minimum absolute atomic E-state index is 0.160. The summed E-state index contributed by atoms with van der Waals surface area (Å²) < 4.78 is 12.8. The molecule has 1 fully saturated rings. The number of fused-ring (bicyclic) bond motifs is 1. The van der Waals surface area contributed by atoms with Crippen LogP contribution in [0.25, 0.3) is 16.9 Å². The van der Waals surface area contributed by atoms with E-state index in [0.717, 1.165) is 24.1 Å². The number of rotatable bonds is 4. The summed E-state index contributed by atoms with van der Waals surface area (Å²) in [7, 11) is 0. The highest BCUT2D eigenvalue weighted by Crippen LogP contribution is 2.20. The summed E-state index contributed by atoms with van der Waals surface area (Å²) in [4.78, 5) is 21.0. The molecule has 0 amide bonds. The third-order valence-electron chi connectivity index (χ3n) is 4.61. The summed E-state index contributed by atoms with van der Waals surface area (Å²) in [6.07, 6.45) is 4.05. The maximum absolute atomic E-state index is 12.3. The van der Waals surface area contributed by atoms with Crippen LogP contribution in [-0.2, 0) is 9.47 Å². The zero-order valence-electron chi connectivity index (χ0n) is 14.0. The van der Waals surface area contributed by atoms with Crippen LogP contribution in [-0.4, -0.2) is 39.8 Å². The molecule has 2 aromatic heterocycles. The number of aromatic nitrogens is 3. The van der Waals surface area contributed by atoms with Gasteiger partial charge >= 0.3 is 5.97 Å². The predicted molar refractivity (Wildman–Crippen MR) is 92.7 cm³/mol. The molecule has 3 aromatic rings. The Morgan fingerprint density at radius 3 is 2.92 bits per heavy atom. The minimum atomic E-state index is -0.353. The van der Waals surface area contributed by atoms with Gasteiger partial charge in [0, 0.05) is 18.7 Å². The topological polar surface area (TPSA) is 66.2 Å². The Balaban J connectivity index is 1.50. The van der Waals surface area contributed by atoms with Gasteiger partial charge in [0.1, 0.15) is 18.2 Å². The van der Waals surface area contributed by atoms with E-state index >= 15 is 0 Å². The molecule has 0 radical (unpaired) electrons. The first-order valence-electron chi connectivity index (χ1n) is 8.39. The van der Waals surface area contributed by atoms with E-state index in [2.05, 4.69) is 9.97 Å². The molecule has 3 heterocycles. The lowest BCUT2D eigenvalue weighted by Crippen LogP contribution is -2.24. The number of para-hydroxylation sites is 2. The Bertz CT molecular complexity index is 882. The fourth-order valence-corrected chi connectivity index (χ4v) is 3.05. The lowest BCUT2D eigenvalue weighted by atomic mass is 10.0. The van der Waals surface area contributed by atoms with Crippen molar-refractivity contribution in [1.82, 2.24) is 14.5 Å². The summed E-state index contributed by atoms with van der Waals surface area (Å²) in [5.74, 6) is 0.630. The highest BCUT2D eigenvalue weighted by atomic mass is 16.5. The number of hydrogen-bond acceptors (Lipinski definition) is 5. The van der Waals surface area contributed by atoms with Gasteiger partial charge in [-0.3, -0.25) is 4.57 Å². The second-order valence-corrected chi connectivity index (χ2v) is 6.24. The fraction of sp³-hybridized carbons (Fsp3) is 0.316. The first-order chi connectivity index (χ1) is 12.2. The molecule has 0 bridgehead atoms. The van der Waals surface area contributed by atoms with E-state index in [4.69, 9.17) is 9.47 Å². The zero-order chi connectivity index (χ0) is 17.2. The van der Waals surface area contributed by atoms with Crippen LogP contribution >= 0.6 is 0 Å². The van der Waals surface area contributed by atoms with Crippen molar-refractivity contribution in [2.75, 3.05) is 13.2 Å². The number of nitrogens with zero attached hydrogens (tertiary/aromatic N) is 3. The molecular weight excluding hydrogens is 318 g/mol. The molecule has 0 saturated carbocycles. The molecular formula is C19H19N3O3. The second-order valence-electron chi connectivity index (χ2n) is 6.24. The Morgan fingerprint density at radius 1 is 1.28 bits per heavy atom. The first-order valence-corrected chi connectivity index (χ1v) is 8.39. The van der Waals surface area contributed by atoms with Crippen molar-refractivity contribution in [1.29, 1.82) is 0 Å². The fourth-order valence-electron chi connectivity index (χ4n) is 3.05. The van der Waals surface area contributed by atoms with Crippen LogP contribution in [0.5, 0.6) is 0 Å². The standard InChI is InChI=1S/C19H19N3O3/c1-13(15-8-9-24-11-15)25-19(23)14-6-7-18(20-10-14)22-12-21-16-4-2-3-5-17(16)22/h2-7,10,12-13,15H,8-9,11H2,1H3. The van der Waals surface area contributed by atoms with E-state index in [1.165, 1.54) is 0 Å². The van der Waals surface area contributed by atoms with Gasteiger partial charge in [-0.25, -0.2) is 14.8 Å².